The van der Waals surface area contributed by atoms with E-state index in [-0.39, 0.29) is 5.56 Å². The summed E-state index contributed by atoms with van der Waals surface area (Å²) < 4.78 is 18.3. The van der Waals surface area contributed by atoms with Crippen LogP contribution in [0.15, 0.2) is 18.2 Å². The minimum atomic E-state index is -0.815. The largest absolute Gasteiger partial charge is 0.505 e. The van der Waals surface area contributed by atoms with Crippen LogP contribution in [0.4, 0.5) is 4.39 Å². The van der Waals surface area contributed by atoms with Crippen molar-refractivity contribution in [3.05, 3.63) is 29.6 Å². The molecule has 0 aliphatic heterocycles. The van der Waals surface area contributed by atoms with Crippen molar-refractivity contribution in [2.75, 3.05) is 6.61 Å². The molecule has 1 unspecified atom stereocenters. The van der Waals surface area contributed by atoms with Gasteiger partial charge in [-0.15, -0.1) is 0 Å². The maximum Gasteiger partial charge on any atom is 0.338 e. The molecule has 0 fully saturated rings. The molecule has 0 radical (unpaired) electrons. The summed E-state index contributed by atoms with van der Waals surface area (Å²) in [5, 5.41) is 9.06. The summed E-state index contributed by atoms with van der Waals surface area (Å²) in [7, 11) is 0. The molecule has 0 amide bonds. The van der Waals surface area contributed by atoms with Crippen molar-refractivity contribution < 1.29 is 19.0 Å². The standard InChI is InChI=1S/C16H23FO3/c1-11(2)5-4-6-12(3)10-20-16(19)13-7-8-15(18)14(17)9-13/h7-9,11-12,18H,4-6,10H2,1-3H3. The van der Waals surface area contributed by atoms with Crippen LogP contribution in [0.3, 0.4) is 0 Å². The average molecular weight is 282 g/mol. The molecule has 0 heterocycles. The molecule has 4 heteroatoms. The number of halogens is 1. The van der Waals surface area contributed by atoms with E-state index in [1.54, 1.807) is 0 Å². The van der Waals surface area contributed by atoms with Crippen LogP contribution in [-0.2, 0) is 4.74 Å². The van der Waals surface area contributed by atoms with Gasteiger partial charge in [0, 0.05) is 0 Å². The predicted molar refractivity (Wildman–Crippen MR) is 76.2 cm³/mol. The molecule has 1 aromatic carbocycles. The van der Waals surface area contributed by atoms with Crippen LogP contribution in [0.5, 0.6) is 5.75 Å². The number of ether oxygens (including phenoxy) is 1. The average Bonchev–Trinajstić information content (AvgIpc) is 2.38. The Bertz CT molecular complexity index is 443. The lowest BCUT2D eigenvalue weighted by Crippen LogP contribution is -2.12. The molecule has 0 spiro atoms. The number of esters is 1. The first-order chi connectivity index (χ1) is 9.40. The Labute approximate surface area is 119 Å². The fourth-order valence-corrected chi connectivity index (χ4v) is 1.89. The van der Waals surface area contributed by atoms with Gasteiger partial charge in [-0.05, 0) is 36.5 Å². The van der Waals surface area contributed by atoms with E-state index in [1.165, 1.54) is 12.5 Å². The molecule has 1 rings (SSSR count). The maximum atomic E-state index is 13.1. The lowest BCUT2D eigenvalue weighted by Gasteiger charge is -2.13. The molecule has 0 aromatic heterocycles. The first-order valence-electron chi connectivity index (χ1n) is 7.05. The lowest BCUT2D eigenvalue weighted by molar-refractivity contribution is 0.0441. The first-order valence-corrected chi connectivity index (χ1v) is 7.05. The third kappa shape index (κ3) is 5.59. The van der Waals surface area contributed by atoms with Crippen LogP contribution in [0, 0.1) is 17.7 Å². The predicted octanol–water partition coefficient (Wildman–Crippen LogP) is 4.15. The molecular formula is C16H23FO3. The maximum absolute atomic E-state index is 13.1. The zero-order chi connectivity index (χ0) is 15.1. The van der Waals surface area contributed by atoms with E-state index >= 15 is 0 Å². The molecule has 0 bridgehead atoms. The van der Waals surface area contributed by atoms with Crippen molar-refractivity contribution in [3.63, 3.8) is 0 Å². The van der Waals surface area contributed by atoms with E-state index in [1.807, 2.05) is 6.92 Å². The van der Waals surface area contributed by atoms with Crippen LogP contribution in [0.25, 0.3) is 0 Å². The second-order valence-electron chi connectivity index (χ2n) is 5.69. The topological polar surface area (TPSA) is 46.5 Å². The Morgan fingerprint density at radius 3 is 2.60 bits per heavy atom. The molecule has 0 aliphatic rings. The number of benzene rings is 1. The summed E-state index contributed by atoms with van der Waals surface area (Å²) in [6.45, 7) is 6.73. The molecule has 1 N–H and O–H groups in total. The van der Waals surface area contributed by atoms with E-state index in [4.69, 9.17) is 9.84 Å². The molecule has 3 nitrogen and oxygen atoms in total. The highest BCUT2D eigenvalue weighted by Gasteiger charge is 2.12. The van der Waals surface area contributed by atoms with Crippen molar-refractivity contribution in [2.24, 2.45) is 11.8 Å². The molecule has 1 aromatic rings. The zero-order valence-corrected chi connectivity index (χ0v) is 12.4. The normalized spacial score (nSPS) is 12.4. The van der Waals surface area contributed by atoms with Crippen LogP contribution in [-0.4, -0.2) is 17.7 Å². The number of phenolic OH excluding ortho intramolecular Hbond substituents is 1. The van der Waals surface area contributed by atoms with Gasteiger partial charge >= 0.3 is 5.97 Å². The summed E-state index contributed by atoms with van der Waals surface area (Å²) in [5.41, 5.74) is 0.120. The number of hydrogen-bond donors (Lipinski definition) is 1. The summed E-state index contributed by atoms with van der Waals surface area (Å²) in [4.78, 5) is 11.7. The smallest absolute Gasteiger partial charge is 0.338 e. The molecule has 0 saturated carbocycles. The van der Waals surface area contributed by atoms with Gasteiger partial charge in [0.05, 0.1) is 12.2 Å². The Kier molecular flexibility index (Phi) is 6.49. The number of carbonyl (C=O) groups excluding carboxylic acids is 1. The van der Waals surface area contributed by atoms with Crippen LogP contribution in [0.1, 0.15) is 50.4 Å². The van der Waals surface area contributed by atoms with Crippen molar-refractivity contribution in [1.29, 1.82) is 0 Å². The van der Waals surface area contributed by atoms with Gasteiger partial charge in [0.15, 0.2) is 11.6 Å². The summed E-state index contributed by atoms with van der Waals surface area (Å²) >= 11 is 0. The Morgan fingerprint density at radius 1 is 1.30 bits per heavy atom. The summed E-state index contributed by atoms with van der Waals surface area (Å²) in [6, 6.07) is 3.49. The van der Waals surface area contributed by atoms with Crippen molar-refractivity contribution >= 4 is 5.97 Å². The Hall–Kier alpha value is -1.58. The third-order valence-electron chi connectivity index (χ3n) is 3.16. The summed E-state index contributed by atoms with van der Waals surface area (Å²) in [5.74, 6) is -0.864. The van der Waals surface area contributed by atoms with Gasteiger partial charge < -0.3 is 9.84 Å². The fourth-order valence-electron chi connectivity index (χ4n) is 1.89. The Balaban J connectivity index is 2.37. The van der Waals surface area contributed by atoms with Crippen molar-refractivity contribution in [2.45, 2.75) is 40.0 Å². The number of carbonyl (C=O) groups is 1. The molecule has 0 aliphatic carbocycles. The number of rotatable bonds is 7. The number of aromatic hydroxyl groups is 1. The van der Waals surface area contributed by atoms with Gasteiger partial charge in [-0.2, -0.15) is 0 Å². The van der Waals surface area contributed by atoms with Gasteiger partial charge in [-0.1, -0.05) is 33.6 Å². The highest BCUT2D eigenvalue weighted by Crippen LogP contribution is 2.17. The van der Waals surface area contributed by atoms with E-state index < -0.39 is 17.5 Å². The van der Waals surface area contributed by atoms with Crippen LogP contribution < -0.4 is 0 Å². The fraction of sp³-hybridized carbons (Fsp3) is 0.562. The minimum absolute atomic E-state index is 0.120. The quantitative estimate of drug-likeness (QED) is 0.764. The van der Waals surface area contributed by atoms with E-state index in [9.17, 15) is 9.18 Å². The minimum Gasteiger partial charge on any atom is -0.505 e. The van der Waals surface area contributed by atoms with Gasteiger partial charge in [0.2, 0.25) is 0 Å². The molecule has 1 atom stereocenters. The highest BCUT2D eigenvalue weighted by molar-refractivity contribution is 5.89. The second kappa shape index (κ2) is 7.88. The highest BCUT2D eigenvalue weighted by atomic mass is 19.1. The first kappa shape index (κ1) is 16.5. The molecule has 0 saturated heterocycles. The van der Waals surface area contributed by atoms with E-state index in [0.717, 1.165) is 25.0 Å². The van der Waals surface area contributed by atoms with Crippen molar-refractivity contribution in [1.82, 2.24) is 0 Å². The number of phenols is 1. The third-order valence-corrected chi connectivity index (χ3v) is 3.16. The SMILES string of the molecule is CC(C)CCCC(C)COC(=O)c1ccc(O)c(F)c1. The number of hydrogen-bond acceptors (Lipinski definition) is 3. The van der Waals surface area contributed by atoms with Crippen LogP contribution in [0.2, 0.25) is 0 Å². The van der Waals surface area contributed by atoms with Gasteiger partial charge in [0.1, 0.15) is 0 Å². The van der Waals surface area contributed by atoms with E-state index in [0.29, 0.717) is 18.4 Å². The molecular weight excluding hydrogens is 259 g/mol. The van der Waals surface area contributed by atoms with Crippen molar-refractivity contribution in [3.8, 4) is 5.75 Å². The van der Waals surface area contributed by atoms with Gasteiger partial charge in [-0.3, -0.25) is 0 Å². The summed E-state index contributed by atoms with van der Waals surface area (Å²) in [6.07, 6.45) is 3.29. The molecule has 112 valence electrons. The Morgan fingerprint density at radius 2 is 2.00 bits per heavy atom. The lowest BCUT2D eigenvalue weighted by atomic mass is 10.0. The van der Waals surface area contributed by atoms with Crippen LogP contribution >= 0.6 is 0 Å². The van der Waals surface area contributed by atoms with Gasteiger partial charge in [0.25, 0.3) is 0 Å². The zero-order valence-electron chi connectivity index (χ0n) is 12.4. The monoisotopic (exact) mass is 282 g/mol. The van der Waals surface area contributed by atoms with Gasteiger partial charge in [-0.25, -0.2) is 9.18 Å². The van der Waals surface area contributed by atoms with E-state index in [2.05, 4.69) is 13.8 Å². The molecule has 20 heavy (non-hydrogen) atoms. The second-order valence-corrected chi connectivity index (χ2v) is 5.69.